The molecule has 1 N–H and O–H groups in total. The second-order valence-corrected chi connectivity index (χ2v) is 4.61. The van der Waals surface area contributed by atoms with E-state index in [0.29, 0.717) is 6.10 Å². The third-order valence-corrected chi connectivity index (χ3v) is 3.31. The summed E-state index contributed by atoms with van der Waals surface area (Å²) < 4.78 is 5.60. The molecule has 2 fully saturated rings. The van der Waals surface area contributed by atoms with Crippen molar-refractivity contribution in [3.63, 3.8) is 0 Å². The molecule has 0 aliphatic carbocycles. The average molecular weight is 228 g/mol. The molecule has 92 valence electrons. The van der Waals surface area contributed by atoms with Gasteiger partial charge in [0, 0.05) is 39.3 Å². The Kier molecular flexibility index (Phi) is 4.15. The quantitative estimate of drug-likeness (QED) is 0.726. The van der Waals surface area contributed by atoms with Gasteiger partial charge >= 0.3 is 5.97 Å². The van der Waals surface area contributed by atoms with Gasteiger partial charge in [-0.05, 0) is 12.8 Å². The minimum atomic E-state index is -0.729. The summed E-state index contributed by atoms with van der Waals surface area (Å²) in [6, 6.07) is 0. The standard InChI is InChI=1S/C11H20N2O3/c14-11(15)9-13-5-3-12(4-6-13)8-10-2-1-7-16-10/h10H,1-9H2,(H,14,15). The second kappa shape index (κ2) is 5.61. The molecule has 0 aromatic carbocycles. The Morgan fingerprint density at radius 3 is 2.50 bits per heavy atom. The fourth-order valence-electron chi connectivity index (χ4n) is 2.40. The lowest BCUT2D eigenvalue weighted by Crippen LogP contribution is -2.49. The molecule has 0 spiro atoms. The zero-order valence-electron chi connectivity index (χ0n) is 9.60. The topological polar surface area (TPSA) is 53.0 Å². The highest BCUT2D eigenvalue weighted by Gasteiger charge is 2.23. The summed E-state index contributed by atoms with van der Waals surface area (Å²) in [4.78, 5) is 14.9. The predicted molar refractivity (Wildman–Crippen MR) is 59.5 cm³/mol. The Morgan fingerprint density at radius 2 is 1.94 bits per heavy atom. The van der Waals surface area contributed by atoms with E-state index >= 15 is 0 Å². The molecule has 2 rings (SSSR count). The molecule has 0 amide bonds. The van der Waals surface area contributed by atoms with E-state index in [4.69, 9.17) is 9.84 Å². The molecule has 2 heterocycles. The molecule has 0 bridgehead atoms. The molecule has 0 aromatic rings. The van der Waals surface area contributed by atoms with Crippen LogP contribution in [0.2, 0.25) is 0 Å². The molecule has 1 unspecified atom stereocenters. The molecule has 2 aliphatic rings. The summed E-state index contributed by atoms with van der Waals surface area (Å²) in [6.45, 7) is 5.75. The molecular formula is C11H20N2O3. The van der Waals surface area contributed by atoms with Gasteiger partial charge in [0.2, 0.25) is 0 Å². The van der Waals surface area contributed by atoms with Crippen molar-refractivity contribution in [3.05, 3.63) is 0 Å². The number of piperazine rings is 1. The van der Waals surface area contributed by atoms with Crippen LogP contribution in [0.3, 0.4) is 0 Å². The van der Waals surface area contributed by atoms with E-state index in [-0.39, 0.29) is 6.54 Å². The number of carbonyl (C=O) groups is 1. The van der Waals surface area contributed by atoms with Gasteiger partial charge in [-0.3, -0.25) is 14.6 Å². The summed E-state index contributed by atoms with van der Waals surface area (Å²) in [5.74, 6) is -0.729. The number of nitrogens with zero attached hydrogens (tertiary/aromatic N) is 2. The number of rotatable bonds is 4. The van der Waals surface area contributed by atoms with Gasteiger partial charge < -0.3 is 9.84 Å². The van der Waals surface area contributed by atoms with Crippen molar-refractivity contribution >= 4 is 5.97 Å². The third kappa shape index (κ3) is 3.43. The fourth-order valence-corrected chi connectivity index (χ4v) is 2.40. The van der Waals surface area contributed by atoms with E-state index < -0.39 is 5.97 Å². The molecule has 1 atom stereocenters. The van der Waals surface area contributed by atoms with E-state index in [1.54, 1.807) is 0 Å². The van der Waals surface area contributed by atoms with Crippen LogP contribution in [0.5, 0.6) is 0 Å². The first kappa shape index (κ1) is 11.8. The monoisotopic (exact) mass is 228 g/mol. The van der Waals surface area contributed by atoms with Gasteiger partial charge in [0.1, 0.15) is 0 Å². The Hall–Kier alpha value is -0.650. The van der Waals surface area contributed by atoms with E-state index in [0.717, 1.165) is 39.3 Å². The summed E-state index contributed by atoms with van der Waals surface area (Å²) in [5.41, 5.74) is 0. The maximum atomic E-state index is 10.6. The molecular weight excluding hydrogens is 208 g/mol. The van der Waals surface area contributed by atoms with Crippen LogP contribution in [0.4, 0.5) is 0 Å². The lowest BCUT2D eigenvalue weighted by molar-refractivity contribution is -0.138. The Bertz CT molecular complexity index is 233. The van der Waals surface area contributed by atoms with Crippen LogP contribution in [0.15, 0.2) is 0 Å². The third-order valence-electron chi connectivity index (χ3n) is 3.31. The minimum Gasteiger partial charge on any atom is -0.480 e. The first-order chi connectivity index (χ1) is 7.74. The Balaban J connectivity index is 1.66. The highest BCUT2D eigenvalue weighted by molar-refractivity contribution is 5.69. The van der Waals surface area contributed by atoms with Crippen LogP contribution in [-0.2, 0) is 9.53 Å². The van der Waals surface area contributed by atoms with Gasteiger partial charge in [0.25, 0.3) is 0 Å². The first-order valence-electron chi connectivity index (χ1n) is 6.02. The van der Waals surface area contributed by atoms with E-state index in [9.17, 15) is 4.79 Å². The summed E-state index contributed by atoms with van der Waals surface area (Å²) >= 11 is 0. The first-order valence-corrected chi connectivity index (χ1v) is 6.02. The molecule has 0 saturated carbocycles. The molecule has 2 aliphatic heterocycles. The summed E-state index contributed by atoms with van der Waals surface area (Å²) in [6.07, 6.45) is 2.77. The lowest BCUT2D eigenvalue weighted by atomic mass is 10.2. The molecule has 16 heavy (non-hydrogen) atoms. The highest BCUT2D eigenvalue weighted by Crippen LogP contribution is 2.14. The zero-order chi connectivity index (χ0) is 11.4. The zero-order valence-corrected chi connectivity index (χ0v) is 9.60. The average Bonchev–Trinajstić information content (AvgIpc) is 2.73. The second-order valence-electron chi connectivity index (χ2n) is 4.61. The number of carboxylic acids is 1. The fraction of sp³-hybridized carbons (Fsp3) is 0.909. The van der Waals surface area contributed by atoms with E-state index in [1.807, 2.05) is 4.90 Å². The molecule has 0 radical (unpaired) electrons. The van der Waals surface area contributed by atoms with Crippen molar-refractivity contribution < 1.29 is 14.6 Å². The highest BCUT2D eigenvalue weighted by atomic mass is 16.5. The van der Waals surface area contributed by atoms with Crippen molar-refractivity contribution in [2.45, 2.75) is 18.9 Å². The van der Waals surface area contributed by atoms with Crippen LogP contribution < -0.4 is 0 Å². The van der Waals surface area contributed by atoms with Crippen molar-refractivity contribution in [2.75, 3.05) is 45.9 Å². The number of hydrogen-bond donors (Lipinski definition) is 1. The van der Waals surface area contributed by atoms with Gasteiger partial charge in [0.05, 0.1) is 12.6 Å². The molecule has 5 heteroatoms. The van der Waals surface area contributed by atoms with Crippen molar-refractivity contribution in [3.8, 4) is 0 Å². The minimum absolute atomic E-state index is 0.174. The van der Waals surface area contributed by atoms with Crippen LogP contribution >= 0.6 is 0 Å². The molecule has 2 saturated heterocycles. The van der Waals surface area contributed by atoms with Gasteiger partial charge in [-0.1, -0.05) is 0 Å². The van der Waals surface area contributed by atoms with Gasteiger partial charge in [0.15, 0.2) is 0 Å². The van der Waals surface area contributed by atoms with Crippen LogP contribution in [0.25, 0.3) is 0 Å². The summed E-state index contributed by atoms with van der Waals surface area (Å²) in [7, 11) is 0. The van der Waals surface area contributed by atoms with E-state index in [1.165, 1.54) is 12.8 Å². The maximum absolute atomic E-state index is 10.6. The number of aliphatic carboxylic acids is 1. The maximum Gasteiger partial charge on any atom is 0.317 e. The molecule has 0 aromatic heterocycles. The van der Waals surface area contributed by atoms with E-state index in [2.05, 4.69) is 4.90 Å². The largest absolute Gasteiger partial charge is 0.480 e. The van der Waals surface area contributed by atoms with Crippen LogP contribution in [-0.4, -0.2) is 72.9 Å². The van der Waals surface area contributed by atoms with Crippen molar-refractivity contribution in [1.29, 1.82) is 0 Å². The SMILES string of the molecule is O=C(O)CN1CCN(CC2CCCO2)CC1. The molecule has 5 nitrogen and oxygen atoms in total. The van der Waals surface area contributed by atoms with Crippen molar-refractivity contribution in [1.82, 2.24) is 9.80 Å². The Morgan fingerprint density at radius 1 is 1.25 bits per heavy atom. The lowest BCUT2D eigenvalue weighted by Gasteiger charge is -2.34. The summed E-state index contributed by atoms with van der Waals surface area (Å²) in [5, 5.41) is 8.69. The van der Waals surface area contributed by atoms with Crippen LogP contribution in [0.1, 0.15) is 12.8 Å². The van der Waals surface area contributed by atoms with Gasteiger partial charge in [-0.15, -0.1) is 0 Å². The normalized spacial score (nSPS) is 28.4. The number of hydrogen-bond acceptors (Lipinski definition) is 4. The smallest absolute Gasteiger partial charge is 0.317 e. The number of ether oxygens (including phenoxy) is 1. The number of carboxylic acid groups (broad SMARTS) is 1. The van der Waals surface area contributed by atoms with Crippen molar-refractivity contribution in [2.24, 2.45) is 0 Å². The van der Waals surface area contributed by atoms with Gasteiger partial charge in [-0.25, -0.2) is 0 Å². The predicted octanol–water partition coefficient (Wildman–Crippen LogP) is -0.132. The van der Waals surface area contributed by atoms with Crippen LogP contribution in [0, 0.1) is 0 Å². The van der Waals surface area contributed by atoms with Gasteiger partial charge in [-0.2, -0.15) is 0 Å². The Labute approximate surface area is 96.0 Å².